The summed E-state index contributed by atoms with van der Waals surface area (Å²) in [7, 11) is 0. The standard InChI is InChI=1S/C12H20N4S/c1-9(2)14-12(15-13)16(10-5-6-10)8-11-4-3-7-17-11/h3-4,7,9-10H,5-6,8,13H2,1-2H3,(H,14,15). The van der Waals surface area contributed by atoms with Gasteiger partial charge in [-0.1, -0.05) is 6.07 Å². The van der Waals surface area contributed by atoms with E-state index in [2.05, 4.69) is 46.7 Å². The maximum absolute atomic E-state index is 5.60. The topological polar surface area (TPSA) is 53.6 Å². The minimum absolute atomic E-state index is 0.255. The summed E-state index contributed by atoms with van der Waals surface area (Å²) >= 11 is 1.78. The molecule has 94 valence electrons. The van der Waals surface area contributed by atoms with Gasteiger partial charge in [0.05, 0.1) is 6.54 Å². The first-order valence-corrected chi connectivity index (χ1v) is 6.92. The van der Waals surface area contributed by atoms with Crippen LogP contribution in [0.25, 0.3) is 0 Å². The van der Waals surface area contributed by atoms with Crippen LogP contribution in [0, 0.1) is 0 Å². The Morgan fingerprint density at radius 3 is 2.88 bits per heavy atom. The second-order valence-corrected chi connectivity index (χ2v) is 5.66. The van der Waals surface area contributed by atoms with Crippen molar-refractivity contribution in [2.75, 3.05) is 0 Å². The molecule has 4 nitrogen and oxygen atoms in total. The highest BCUT2D eigenvalue weighted by atomic mass is 32.1. The van der Waals surface area contributed by atoms with E-state index in [1.807, 2.05) is 0 Å². The van der Waals surface area contributed by atoms with Crippen LogP contribution in [-0.4, -0.2) is 22.9 Å². The molecule has 1 aliphatic carbocycles. The minimum Gasteiger partial charge on any atom is -0.334 e. The number of thiophene rings is 1. The number of hydrogen-bond acceptors (Lipinski definition) is 3. The largest absolute Gasteiger partial charge is 0.334 e. The van der Waals surface area contributed by atoms with Gasteiger partial charge in [-0.15, -0.1) is 11.3 Å². The Labute approximate surface area is 107 Å². The molecule has 1 aromatic heterocycles. The van der Waals surface area contributed by atoms with E-state index >= 15 is 0 Å². The first-order valence-electron chi connectivity index (χ1n) is 6.04. The summed E-state index contributed by atoms with van der Waals surface area (Å²) in [5.74, 6) is 6.41. The normalized spacial score (nSPS) is 16.4. The smallest absolute Gasteiger partial charge is 0.209 e. The van der Waals surface area contributed by atoms with Crippen LogP contribution in [-0.2, 0) is 6.54 Å². The Balaban J connectivity index is 2.10. The van der Waals surface area contributed by atoms with Gasteiger partial charge in [0, 0.05) is 17.0 Å². The SMILES string of the molecule is CC(C)N=C(NN)N(Cc1cccs1)C1CC1. The van der Waals surface area contributed by atoms with Gasteiger partial charge < -0.3 is 4.90 Å². The van der Waals surface area contributed by atoms with E-state index in [0.29, 0.717) is 6.04 Å². The quantitative estimate of drug-likeness (QED) is 0.373. The van der Waals surface area contributed by atoms with Gasteiger partial charge in [0.2, 0.25) is 5.96 Å². The maximum atomic E-state index is 5.60. The van der Waals surface area contributed by atoms with Crippen molar-refractivity contribution in [1.82, 2.24) is 10.3 Å². The van der Waals surface area contributed by atoms with Gasteiger partial charge in [-0.2, -0.15) is 0 Å². The highest BCUT2D eigenvalue weighted by Gasteiger charge is 2.31. The van der Waals surface area contributed by atoms with Gasteiger partial charge >= 0.3 is 0 Å². The van der Waals surface area contributed by atoms with E-state index in [0.717, 1.165) is 12.5 Å². The van der Waals surface area contributed by atoms with Gasteiger partial charge in [0.25, 0.3) is 0 Å². The second-order valence-electron chi connectivity index (χ2n) is 4.63. The van der Waals surface area contributed by atoms with Crippen molar-refractivity contribution in [1.29, 1.82) is 0 Å². The lowest BCUT2D eigenvalue weighted by molar-refractivity contribution is 0.388. The molecular weight excluding hydrogens is 232 g/mol. The Kier molecular flexibility index (Phi) is 4.02. The predicted octanol–water partition coefficient (Wildman–Crippen LogP) is 1.94. The molecule has 0 saturated heterocycles. The van der Waals surface area contributed by atoms with Crippen LogP contribution in [0.4, 0.5) is 0 Å². The van der Waals surface area contributed by atoms with E-state index in [1.54, 1.807) is 11.3 Å². The summed E-state index contributed by atoms with van der Waals surface area (Å²) < 4.78 is 0. The maximum Gasteiger partial charge on any atom is 0.209 e. The van der Waals surface area contributed by atoms with Crippen molar-refractivity contribution in [3.05, 3.63) is 22.4 Å². The Morgan fingerprint density at radius 1 is 1.65 bits per heavy atom. The average molecular weight is 252 g/mol. The highest BCUT2D eigenvalue weighted by Crippen LogP contribution is 2.29. The molecule has 0 radical (unpaired) electrons. The molecule has 1 fully saturated rings. The molecule has 5 heteroatoms. The number of rotatable bonds is 4. The highest BCUT2D eigenvalue weighted by molar-refractivity contribution is 7.09. The molecule has 3 N–H and O–H groups in total. The lowest BCUT2D eigenvalue weighted by Gasteiger charge is -2.25. The predicted molar refractivity (Wildman–Crippen MR) is 72.8 cm³/mol. The zero-order chi connectivity index (χ0) is 12.3. The Morgan fingerprint density at radius 2 is 2.41 bits per heavy atom. The van der Waals surface area contributed by atoms with Crippen molar-refractivity contribution >= 4 is 17.3 Å². The number of nitrogens with one attached hydrogen (secondary N) is 1. The monoisotopic (exact) mass is 252 g/mol. The Bertz CT molecular complexity index is 368. The summed E-state index contributed by atoms with van der Waals surface area (Å²) in [4.78, 5) is 8.18. The lowest BCUT2D eigenvalue weighted by atomic mass is 10.4. The number of aliphatic imine (C=N–C) groups is 1. The molecule has 0 aliphatic heterocycles. The van der Waals surface area contributed by atoms with Gasteiger partial charge in [-0.25, -0.2) is 10.8 Å². The fraction of sp³-hybridized carbons (Fsp3) is 0.583. The van der Waals surface area contributed by atoms with Crippen LogP contribution < -0.4 is 11.3 Å². The minimum atomic E-state index is 0.255. The molecule has 17 heavy (non-hydrogen) atoms. The van der Waals surface area contributed by atoms with Crippen molar-refractivity contribution in [2.45, 2.75) is 45.3 Å². The van der Waals surface area contributed by atoms with Crippen LogP contribution in [0.3, 0.4) is 0 Å². The number of hydrazine groups is 1. The molecule has 0 atom stereocenters. The molecule has 1 saturated carbocycles. The molecule has 1 aromatic rings. The molecule has 0 aromatic carbocycles. The Hall–Kier alpha value is -1.07. The molecule has 1 heterocycles. The van der Waals surface area contributed by atoms with Gasteiger partial charge in [-0.3, -0.25) is 5.43 Å². The summed E-state index contributed by atoms with van der Waals surface area (Å²) in [6, 6.07) is 5.10. The third kappa shape index (κ3) is 3.44. The first kappa shape index (κ1) is 12.4. The van der Waals surface area contributed by atoms with Crippen LogP contribution >= 0.6 is 11.3 Å². The third-order valence-electron chi connectivity index (χ3n) is 2.68. The summed E-state index contributed by atoms with van der Waals surface area (Å²) in [6.45, 7) is 5.03. The molecular formula is C12H20N4S. The number of hydrogen-bond donors (Lipinski definition) is 2. The second kappa shape index (κ2) is 5.51. The van der Waals surface area contributed by atoms with Gasteiger partial charge in [0.15, 0.2) is 0 Å². The molecule has 0 bridgehead atoms. The zero-order valence-electron chi connectivity index (χ0n) is 10.4. The van der Waals surface area contributed by atoms with Crippen LogP contribution in [0.15, 0.2) is 22.5 Å². The third-order valence-corrected chi connectivity index (χ3v) is 3.54. The van der Waals surface area contributed by atoms with E-state index in [4.69, 9.17) is 5.84 Å². The summed E-state index contributed by atoms with van der Waals surface area (Å²) in [5, 5.41) is 2.11. The average Bonchev–Trinajstić information content (AvgIpc) is 3.01. The van der Waals surface area contributed by atoms with Crippen molar-refractivity contribution < 1.29 is 0 Å². The molecule has 0 amide bonds. The fourth-order valence-electron chi connectivity index (χ4n) is 1.77. The number of nitrogens with zero attached hydrogens (tertiary/aromatic N) is 2. The van der Waals surface area contributed by atoms with E-state index in [9.17, 15) is 0 Å². The van der Waals surface area contributed by atoms with E-state index < -0.39 is 0 Å². The number of nitrogens with two attached hydrogens (primary N) is 1. The van der Waals surface area contributed by atoms with Crippen LogP contribution in [0.2, 0.25) is 0 Å². The molecule has 1 aliphatic rings. The van der Waals surface area contributed by atoms with Crippen molar-refractivity contribution in [3.8, 4) is 0 Å². The first-order chi connectivity index (χ1) is 8.20. The van der Waals surface area contributed by atoms with Crippen molar-refractivity contribution in [2.24, 2.45) is 10.8 Å². The van der Waals surface area contributed by atoms with Crippen molar-refractivity contribution in [3.63, 3.8) is 0 Å². The van der Waals surface area contributed by atoms with Crippen LogP contribution in [0.5, 0.6) is 0 Å². The summed E-state index contributed by atoms with van der Waals surface area (Å²) in [6.07, 6.45) is 2.48. The van der Waals surface area contributed by atoms with Gasteiger partial charge in [-0.05, 0) is 38.1 Å². The zero-order valence-corrected chi connectivity index (χ0v) is 11.2. The van der Waals surface area contributed by atoms with E-state index in [-0.39, 0.29) is 6.04 Å². The number of guanidine groups is 1. The molecule has 0 spiro atoms. The van der Waals surface area contributed by atoms with Crippen LogP contribution in [0.1, 0.15) is 31.6 Å². The van der Waals surface area contributed by atoms with E-state index in [1.165, 1.54) is 17.7 Å². The fourth-order valence-corrected chi connectivity index (χ4v) is 2.48. The molecule has 0 unspecified atom stereocenters. The van der Waals surface area contributed by atoms with Gasteiger partial charge in [0.1, 0.15) is 0 Å². The lowest BCUT2D eigenvalue weighted by Crippen LogP contribution is -2.46. The molecule has 2 rings (SSSR count). The summed E-state index contributed by atoms with van der Waals surface area (Å²) in [5.41, 5.74) is 2.75.